The lowest BCUT2D eigenvalue weighted by Gasteiger charge is -2.18. The van der Waals surface area contributed by atoms with Crippen molar-refractivity contribution < 1.29 is 13.2 Å². The van der Waals surface area contributed by atoms with Crippen LogP contribution in [-0.2, 0) is 13.8 Å². The van der Waals surface area contributed by atoms with Gasteiger partial charge in [0.15, 0.2) is 0 Å². The highest BCUT2D eigenvalue weighted by Gasteiger charge is 2.38. The van der Waals surface area contributed by atoms with E-state index in [1.807, 2.05) is 0 Å². The second-order valence-electron chi connectivity index (χ2n) is 3.90. The molecule has 1 fully saturated rings. The minimum absolute atomic E-state index is 0.0704. The second kappa shape index (κ2) is 5.15. The third-order valence-electron chi connectivity index (χ3n) is 2.69. The topological polar surface area (TPSA) is 54.5 Å². The predicted octanol–water partition coefficient (Wildman–Crippen LogP) is 2.62. The largest absolute Gasteiger partial charge is 0.310 e. The van der Waals surface area contributed by atoms with Crippen molar-refractivity contribution in [2.24, 2.45) is 0 Å². The Morgan fingerprint density at radius 3 is 2.61 bits per heavy atom. The number of anilines is 1. The van der Waals surface area contributed by atoms with Gasteiger partial charge in [0.2, 0.25) is 15.0 Å². The van der Waals surface area contributed by atoms with Gasteiger partial charge in [-0.05, 0) is 40.8 Å². The van der Waals surface area contributed by atoms with Gasteiger partial charge in [-0.1, -0.05) is 11.6 Å². The number of hydrogen-bond acceptors (Lipinski definition) is 3. The summed E-state index contributed by atoms with van der Waals surface area (Å²) in [6, 6.07) is 5.13. The molecule has 0 spiro atoms. The Kier molecular flexibility index (Phi) is 4.10. The first-order valence-electron chi connectivity index (χ1n) is 4.98. The van der Waals surface area contributed by atoms with Crippen LogP contribution in [-0.4, -0.2) is 26.1 Å². The number of carbonyl (C=O) groups excluding carboxylic acids is 1. The van der Waals surface area contributed by atoms with Crippen LogP contribution in [0.4, 0.5) is 5.69 Å². The van der Waals surface area contributed by atoms with Gasteiger partial charge >= 0.3 is 0 Å². The molecule has 98 valence electrons. The van der Waals surface area contributed by atoms with Crippen molar-refractivity contribution in [2.45, 2.75) is 11.7 Å². The molecule has 0 N–H and O–H groups in total. The Morgan fingerprint density at radius 1 is 1.39 bits per heavy atom. The summed E-state index contributed by atoms with van der Waals surface area (Å²) in [5.41, 5.74) is 0.621. The standard InChI is InChI=1S/C10H8Cl2INO3S/c11-6-1-2-8(13)9(3-6)14-5-7(4-10(14)15)18(12,16)17/h1-3,7H,4-5H2. The van der Waals surface area contributed by atoms with Crippen LogP contribution in [0, 0.1) is 3.57 Å². The molecule has 1 aromatic rings. The van der Waals surface area contributed by atoms with E-state index >= 15 is 0 Å². The second-order valence-corrected chi connectivity index (χ2v) is 8.41. The molecule has 1 aliphatic heterocycles. The molecule has 0 saturated carbocycles. The highest BCUT2D eigenvalue weighted by atomic mass is 127. The summed E-state index contributed by atoms with van der Waals surface area (Å²) in [4.78, 5) is 13.3. The number of amides is 1. The number of halogens is 3. The zero-order chi connectivity index (χ0) is 13.5. The van der Waals surface area contributed by atoms with Crippen molar-refractivity contribution in [3.8, 4) is 0 Å². The van der Waals surface area contributed by atoms with Crippen LogP contribution in [0.25, 0.3) is 0 Å². The van der Waals surface area contributed by atoms with E-state index in [1.54, 1.807) is 18.2 Å². The van der Waals surface area contributed by atoms with Gasteiger partial charge in [-0.15, -0.1) is 0 Å². The summed E-state index contributed by atoms with van der Waals surface area (Å²) >= 11 is 7.95. The zero-order valence-electron chi connectivity index (χ0n) is 8.94. The van der Waals surface area contributed by atoms with E-state index in [-0.39, 0.29) is 18.9 Å². The fraction of sp³-hybridized carbons (Fsp3) is 0.300. The summed E-state index contributed by atoms with van der Waals surface area (Å²) in [5, 5.41) is -0.364. The molecular weight excluding hydrogens is 412 g/mol. The van der Waals surface area contributed by atoms with Crippen LogP contribution >= 0.6 is 44.9 Å². The van der Waals surface area contributed by atoms with E-state index in [0.717, 1.165) is 3.57 Å². The molecule has 0 aliphatic carbocycles. The van der Waals surface area contributed by atoms with Crippen LogP contribution in [0.5, 0.6) is 0 Å². The van der Waals surface area contributed by atoms with Crippen LogP contribution < -0.4 is 4.90 Å². The summed E-state index contributed by atoms with van der Waals surface area (Å²) in [6.07, 6.45) is -0.0889. The molecule has 2 rings (SSSR count). The molecule has 1 saturated heterocycles. The summed E-state index contributed by atoms with van der Waals surface area (Å²) in [7, 11) is 1.57. The number of hydrogen-bond donors (Lipinski definition) is 0. The van der Waals surface area contributed by atoms with Gasteiger partial charge in [-0.2, -0.15) is 0 Å². The highest BCUT2D eigenvalue weighted by molar-refractivity contribution is 14.1. The minimum Gasteiger partial charge on any atom is -0.310 e. The monoisotopic (exact) mass is 419 g/mol. The molecule has 0 bridgehead atoms. The Balaban J connectivity index is 2.35. The van der Waals surface area contributed by atoms with E-state index in [4.69, 9.17) is 22.3 Å². The molecule has 1 atom stereocenters. The first kappa shape index (κ1) is 14.4. The van der Waals surface area contributed by atoms with Crippen molar-refractivity contribution in [3.05, 3.63) is 26.8 Å². The summed E-state index contributed by atoms with van der Waals surface area (Å²) in [6.45, 7) is 0.0704. The van der Waals surface area contributed by atoms with Crippen molar-refractivity contribution in [1.82, 2.24) is 0 Å². The molecule has 1 aromatic carbocycles. The summed E-state index contributed by atoms with van der Waals surface area (Å²) in [5.74, 6) is -0.260. The van der Waals surface area contributed by atoms with Gasteiger partial charge in [0.05, 0.1) is 5.69 Å². The quantitative estimate of drug-likeness (QED) is 0.547. The Labute approximate surface area is 128 Å². The third-order valence-corrected chi connectivity index (χ3v) is 5.70. The fourth-order valence-electron chi connectivity index (χ4n) is 1.79. The lowest BCUT2D eigenvalue weighted by atomic mass is 10.3. The molecule has 4 nitrogen and oxygen atoms in total. The number of carbonyl (C=O) groups is 1. The highest BCUT2D eigenvalue weighted by Crippen LogP contribution is 2.31. The molecule has 1 aliphatic rings. The SMILES string of the molecule is O=C1CC(S(=O)(=O)Cl)CN1c1cc(Cl)ccc1I. The molecule has 1 heterocycles. The first-order valence-corrected chi connectivity index (χ1v) is 8.81. The average molecular weight is 420 g/mol. The van der Waals surface area contributed by atoms with Crippen molar-refractivity contribution >= 4 is 65.5 Å². The maximum absolute atomic E-state index is 11.9. The first-order chi connectivity index (χ1) is 8.29. The van der Waals surface area contributed by atoms with Gasteiger partial charge in [0, 0.05) is 32.2 Å². The Bertz CT molecular complexity index is 605. The maximum Gasteiger partial charge on any atom is 0.237 e. The molecule has 1 amide bonds. The maximum atomic E-state index is 11.9. The molecule has 8 heteroatoms. The summed E-state index contributed by atoms with van der Waals surface area (Å²) < 4.78 is 23.4. The lowest BCUT2D eigenvalue weighted by Crippen LogP contribution is -2.27. The smallest absolute Gasteiger partial charge is 0.237 e. The average Bonchev–Trinajstić information content (AvgIpc) is 2.64. The number of benzene rings is 1. The van der Waals surface area contributed by atoms with E-state index in [1.165, 1.54) is 4.90 Å². The van der Waals surface area contributed by atoms with Crippen molar-refractivity contribution in [1.29, 1.82) is 0 Å². The molecular formula is C10H8Cl2INO3S. The van der Waals surface area contributed by atoms with E-state index in [0.29, 0.717) is 10.7 Å². The molecule has 1 unspecified atom stereocenters. The van der Waals surface area contributed by atoms with Gasteiger partial charge in [-0.25, -0.2) is 8.42 Å². The van der Waals surface area contributed by atoms with Crippen molar-refractivity contribution in [3.63, 3.8) is 0 Å². The molecule has 18 heavy (non-hydrogen) atoms. The third kappa shape index (κ3) is 2.92. The van der Waals surface area contributed by atoms with Crippen LogP contribution in [0.2, 0.25) is 5.02 Å². The van der Waals surface area contributed by atoms with Gasteiger partial charge < -0.3 is 4.90 Å². The van der Waals surface area contributed by atoms with Crippen LogP contribution in [0.15, 0.2) is 18.2 Å². The van der Waals surface area contributed by atoms with E-state index in [2.05, 4.69) is 22.6 Å². The van der Waals surface area contributed by atoms with E-state index < -0.39 is 14.3 Å². The van der Waals surface area contributed by atoms with Gasteiger partial charge in [0.1, 0.15) is 5.25 Å². The molecule has 0 radical (unpaired) electrons. The van der Waals surface area contributed by atoms with Crippen LogP contribution in [0.3, 0.4) is 0 Å². The molecule has 0 aromatic heterocycles. The number of nitrogens with zero attached hydrogens (tertiary/aromatic N) is 1. The van der Waals surface area contributed by atoms with Gasteiger partial charge in [0.25, 0.3) is 0 Å². The van der Waals surface area contributed by atoms with E-state index in [9.17, 15) is 13.2 Å². The van der Waals surface area contributed by atoms with Gasteiger partial charge in [-0.3, -0.25) is 4.79 Å². The lowest BCUT2D eigenvalue weighted by molar-refractivity contribution is -0.117. The van der Waals surface area contributed by atoms with Crippen LogP contribution in [0.1, 0.15) is 6.42 Å². The predicted molar refractivity (Wildman–Crippen MR) is 79.7 cm³/mol. The fourth-order valence-corrected chi connectivity index (χ4v) is 3.61. The van der Waals surface area contributed by atoms with Crippen molar-refractivity contribution in [2.75, 3.05) is 11.4 Å². The normalized spacial score (nSPS) is 20.5. The Hall–Kier alpha value is -0.0500. The Morgan fingerprint density at radius 2 is 2.06 bits per heavy atom. The zero-order valence-corrected chi connectivity index (χ0v) is 13.4. The number of rotatable bonds is 2. The minimum atomic E-state index is -3.73.